The predicted octanol–water partition coefficient (Wildman–Crippen LogP) is 4.46. The lowest BCUT2D eigenvalue weighted by atomic mass is 9.55. The van der Waals surface area contributed by atoms with Crippen LogP contribution in [-0.2, 0) is 10.2 Å². The Balaban J connectivity index is 1.48. The van der Waals surface area contributed by atoms with Gasteiger partial charge in [-0.3, -0.25) is 4.79 Å². The molecule has 3 fully saturated rings. The molecule has 1 amide bonds. The van der Waals surface area contributed by atoms with Crippen molar-refractivity contribution in [1.29, 1.82) is 0 Å². The molecule has 2 saturated carbocycles. The molecule has 0 aromatic heterocycles. The van der Waals surface area contributed by atoms with Gasteiger partial charge in [-0.2, -0.15) is 0 Å². The first-order valence-corrected chi connectivity index (χ1v) is 12.4. The first kappa shape index (κ1) is 22.4. The molecule has 3 aliphatic rings. The highest BCUT2D eigenvalue weighted by molar-refractivity contribution is 5.94. The van der Waals surface area contributed by atoms with Crippen LogP contribution in [0.2, 0.25) is 0 Å². The average molecular weight is 449 g/mol. The molecule has 2 aromatic rings. The van der Waals surface area contributed by atoms with Gasteiger partial charge in [-0.1, -0.05) is 30.3 Å². The fraction of sp³-hybridized carbons (Fsp3) is 0.536. The van der Waals surface area contributed by atoms with Crippen LogP contribution in [0.3, 0.4) is 0 Å². The van der Waals surface area contributed by atoms with E-state index in [4.69, 9.17) is 4.74 Å². The summed E-state index contributed by atoms with van der Waals surface area (Å²) in [5.74, 6) is 1.21. The van der Waals surface area contributed by atoms with Crippen LogP contribution < -0.4 is 0 Å². The smallest absolute Gasteiger partial charge is 0.253 e. The molecular formula is C28H36N2O3. The van der Waals surface area contributed by atoms with Crippen LogP contribution >= 0.6 is 0 Å². The van der Waals surface area contributed by atoms with E-state index in [1.54, 1.807) is 6.07 Å². The molecule has 3 atom stereocenters. The summed E-state index contributed by atoms with van der Waals surface area (Å²) in [5, 5.41) is 10.4. The van der Waals surface area contributed by atoms with Crippen molar-refractivity contribution >= 4 is 5.91 Å². The van der Waals surface area contributed by atoms with E-state index in [1.807, 2.05) is 61.5 Å². The number of fused-ring (bicyclic) bond motifs is 1. The number of aromatic hydroxyl groups is 1. The summed E-state index contributed by atoms with van der Waals surface area (Å²) in [4.78, 5) is 17.8. The first-order chi connectivity index (χ1) is 16.0. The molecular weight excluding hydrogens is 412 g/mol. The minimum absolute atomic E-state index is 0.0720. The number of hydrogen-bond acceptors (Lipinski definition) is 4. The molecule has 0 radical (unpaired) electrons. The number of hydrogen-bond donors (Lipinski definition) is 1. The lowest BCUT2D eigenvalue weighted by Gasteiger charge is -2.60. The molecule has 176 valence electrons. The predicted molar refractivity (Wildman–Crippen MR) is 129 cm³/mol. The lowest BCUT2D eigenvalue weighted by molar-refractivity contribution is -0.153. The summed E-state index contributed by atoms with van der Waals surface area (Å²) < 4.78 is 6.46. The molecule has 1 N–H and O–H groups in total. The number of carbonyl (C=O) groups is 1. The fourth-order valence-electron chi connectivity index (χ4n) is 6.47. The fourth-order valence-corrected chi connectivity index (χ4v) is 6.47. The van der Waals surface area contributed by atoms with E-state index in [-0.39, 0.29) is 23.0 Å². The SMILES string of the molecule is CO[C@]12CC[C@@H](N(C)C(=O)c3ccccc3)C[C@]1(c1cccc(O)c1)CCN(CC1CC1)C2. The second kappa shape index (κ2) is 8.77. The van der Waals surface area contributed by atoms with Crippen LogP contribution in [-0.4, -0.2) is 66.2 Å². The highest BCUT2D eigenvalue weighted by atomic mass is 16.5. The summed E-state index contributed by atoms with van der Waals surface area (Å²) in [7, 11) is 3.80. The standard InChI is InChI=1S/C28H36N2O3/c1-29(26(32)22-7-4-3-5-8-22)24-13-14-28(33-2)20-30(19-21-11-12-21)16-15-27(28,18-24)23-9-6-10-25(31)17-23/h3-10,17,21,24,31H,11-16,18-20H2,1-2H3/t24-,27+,28+/m1/s1. The number of phenols is 1. The Morgan fingerprint density at radius 2 is 1.91 bits per heavy atom. The molecule has 1 heterocycles. The average Bonchev–Trinajstić information content (AvgIpc) is 3.67. The van der Waals surface area contributed by atoms with Crippen molar-refractivity contribution in [1.82, 2.24) is 9.80 Å². The molecule has 1 aliphatic heterocycles. The maximum Gasteiger partial charge on any atom is 0.253 e. The van der Waals surface area contributed by atoms with E-state index < -0.39 is 0 Å². The minimum atomic E-state index is -0.318. The zero-order chi connectivity index (χ0) is 23.1. The van der Waals surface area contributed by atoms with Gasteiger partial charge in [0.05, 0.1) is 5.60 Å². The number of rotatable bonds is 6. The highest BCUT2D eigenvalue weighted by Gasteiger charge is 2.59. The summed E-state index contributed by atoms with van der Waals surface area (Å²) in [6.07, 6.45) is 6.33. The van der Waals surface area contributed by atoms with Gasteiger partial charge in [-0.25, -0.2) is 0 Å². The van der Waals surface area contributed by atoms with E-state index in [1.165, 1.54) is 12.8 Å². The molecule has 2 aromatic carbocycles. The molecule has 0 unspecified atom stereocenters. The molecule has 0 bridgehead atoms. The van der Waals surface area contributed by atoms with Crippen molar-refractivity contribution in [3.8, 4) is 5.75 Å². The number of phenolic OH excluding ortho intramolecular Hbond substituents is 1. The van der Waals surface area contributed by atoms with Gasteiger partial charge < -0.3 is 19.6 Å². The van der Waals surface area contributed by atoms with Crippen LogP contribution in [0.15, 0.2) is 54.6 Å². The van der Waals surface area contributed by atoms with Crippen molar-refractivity contribution in [2.45, 2.75) is 55.6 Å². The largest absolute Gasteiger partial charge is 0.508 e. The monoisotopic (exact) mass is 448 g/mol. The van der Waals surface area contributed by atoms with Crippen molar-refractivity contribution in [3.63, 3.8) is 0 Å². The van der Waals surface area contributed by atoms with Crippen LogP contribution in [0, 0.1) is 5.92 Å². The summed E-state index contributed by atoms with van der Waals surface area (Å²) >= 11 is 0. The zero-order valence-electron chi connectivity index (χ0n) is 19.9. The molecule has 5 heteroatoms. The molecule has 33 heavy (non-hydrogen) atoms. The Labute approximate surface area is 197 Å². The third kappa shape index (κ3) is 4.06. The number of piperidine rings is 1. The van der Waals surface area contributed by atoms with Gasteiger partial charge in [-0.05, 0) is 80.8 Å². The van der Waals surface area contributed by atoms with Gasteiger partial charge in [0.2, 0.25) is 0 Å². The normalized spacial score (nSPS) is 29.9. The lowest BCUT2D eigenvalue weighted by Crippen LogP contribution is -2.68. The Morgan fingerprint density at radius 3 is 2.61 bits per heavy atom. The van der Waals surface area contributed by atoms with E-state index in [2.05, 4.69) is 11.0 Å². The van der Waals surface area contributed by atoms with E-state index in [9.17, 15) is 9.90 Å². The Hall–Kier alpha value is -2.37. The van der Waals surface area contributed by atoms with E-state index >= 15 is 0 Å². The van der Waals surface area contributed by atoms with E-state index in [0.29, 0.717) is 5.75 Å². The first-order valence-electron chi connectivity index (χ1n) is 12.4. The Kier molecular flexibility index (Phi) is 5.96. The van der Waals surface area contributed by atoms with Gasteiger partial charge in [0.1, 0.15) is 5.75 Å². The third-order valence-corrected chi connectivity index (χ3v) is 8.56. The number of ether oxygens (including phenoxy) is 1. The van der Waals surface area contributed by atoms with Crippen LogP contribution in [0.4, 0.5) is 0 Å². The number of likely N-dealkylation sites (tertiary alicyclic amines) is 1. The van der Waals surface area contributed by atoms with Gasteiger partial charge >= 0.3 is 0 Å². The second-order valence-corrected chi connectivity index (χ2v) is 10.4. The number of carbonyl (C=O) groups excluding carboxylic acids is 1. The highest BCUT2D eigenvalue weighted by Crippen LogP contribution is 2.54. The Morgan fingerprint density at radius 1 is 1.12 bits per heavy atom. The van der Waals surface area contributed by atoms with E-state index in [0.717, 1.165) is 62.4 Å². The summed E-state index contributed by atoms with van der Waals surface area (Å²) in [5.41, 5.74) is 1.31. The quantitative estimate of drug-likeness (QED) is 0.709. The van der Waals surface area contributed by atoms with Crippen LogP contribution in [0.5, 0.6) is 5.75 Å². The summed E-state index contributed by atoms with van der Waals surface area (Å²) in [6, 6.07) is 17.4. The third-order valence-electron chi connectivity index (χ3n) is 8.56. The topological polar surface area (TPSA) is 53.0 Å². The maximum atomic E-state index is 13.3. The number of methoxy groups -OCH3 is 1. The van der Waals surface area contributed by atoms with Crippen LogP contribution in [0.1, 0.15) is 54.4 Å². The van der Waals surface area contributed by atoms with Crippen molar-refractivity contribution in [3.05, 3.63) is 65.7 Å². The van der Waals surface area contributed by atoms with Gasteiger partial charge in [0.15, 0.2) is 0 Å². The zero-order valence-corrected chi connectivity index (χ0v) is 19.9. The molecule has 0 spiro atoms. The van der Waals surface area contributed by atoms with Crippen molar-refractivity contribution in [2.24, 2.45) is 5.92 Å². The van der Waals surface area contributed by atoms with Crippen LogP contribution in [0.25, 0.3) is 0 Å². The summed E-state index contributed by atoms with van der Waals surface area (Å²) in [6.45, 7) is 3.11. The number of benzene rings is 2. The molecule has 2 aliphatic carbocycles. The number of amides is 1. The van der Waals surface area contributed by atoms with Gasteiger partial charge in [0.25, 0.3) is 5.91 Å². The van der Waals surface area contributed by atoms with Crippen molar-refractivity contribution < 1.29 is 14.6 Å². The minimum Gasteiger partial charge on any atom is -0.508 e. The molecule has 1 saturated heterocycles. The maximum absolute atomic E-state index is 13.3. The number of nitrogens with zero attached hydrogens (tertiary/aromatic N) is 2. The van der Waals surface area contributed by atoms with Gasteiger partial charge in [-0.15, -0.1) is 0 Å². The Bertz CT molecular complexity index is 992. The van der Waals surface area contributed by atoms with Gasteiger partial charge in [0, 0.05) is 44.3 Å². The molecule has 5 rings (SSSR count). The van der Waals surface area contributed by atoms with Crippen molar-refractivity contribution in [2.75, 3.05) is 33.8 Å². The molecule has 5 nitrogen and oxygen atoms in total. The second-order valence-electron chi connectivity index (χ2n) is 10.4.